The standard InChI is InChI=1S/C22H27N/c1-4-22(2,3)23-20-16-15-19(17-11-7-5-8-12-17)21(20)18-13-9-6-10-14-18/h5-14,20,23H,4,15-16H2,1-3H3. The van der Waals surface area contributed by atoms with Crippen molar-refractivity contribution in [2.75, 3.05) is 0 Å². The van der Waals surface area contributed by atoms with E-state index in [1.54, 1.807) is 0 Å². The van der Waals surface area contributed by atoms with Crippen LogP contribution in [-0.2, 0) is 0 Å². The van der Waals surface area contributed by atoms with Crippen molar-refractivity contribution in [3.63, 3.8) is 0 Å². The predicted molar refractivity (Wildman–Crippen MR) is 100 cm³/mol. The van der Waals surface area contributed by atoms with Crippen molar-refractivity contribution in [3.8, 4) is 0 Å². The fraction of sp³-hybridized carbons (Fsp3) is 0.364. The van der Waals surface area contributed by atoms with Gasteiger partial charge in [0, 0.05) is 11.6 Å². The molecule has 0 fully saturated rings. The average molecular weight is 305 g/mol. The minimum Gasteiger partial charge on any atom is -0.305 e. The van der Waals surface area contributed by atoms with Crippen molar-refractivity contribution in [2.24, 2.45) is 0 Å². The topological polar surface area (TPSA) is 12.0 Å². The summed E-state index contributed by atoms with van der Waals surface area (Å²) in [4.78, 5) is 0. The Labute approximate surface area is 140 Å². The Morgan fingerprint density at radius 1 is 0.913 bits per heavy atom. The molecule has 1 N–H and O–H groups in total. The van der Waals surface area contributed by atoms with Gasteiger partial charge < -0.3 is 5.32 Å². The van der Waals surface area contributed by atoms with E-state index in [2.05, 4.69) is 86.8 Å². The van der Waals surface area contributed by atoms with Crippen LogP contribution in [0, 0.1) is 0 Å². The van der Waals surface area contributed by atoms with E-state index in [-0.39, 0.29) is 5.54 Å². The minimum absolute atomic E-state index is 0.164. The Kier molecular flexibility index (Phi) is 4.68. The van der Waals surface area contributed by atoms with Crippen LogP contribution < -0.4 is 5.32 Å². The predicted octanol–water partition coefficient (Wildman–Crippen LogP) is 5.54. The summed E-state index contributed by atoms with van der Waals surface area (Å²) >= 11 is 0. The average Bonchev–Trinajstić information content (AvgIpc) is 2.99. The molecular formula is C22H27N. The lowest BCUT2D eigenvalue weighted by molar-refractivity contribution is 0.351. The molecule has 1 heteroatoms. The van der Waals surface area contributed by atoms with Crippen LogP contribution in [0.25, 0.3) is 11.1 Å². The second kappa shape index (κ2) is 6.72. The van der Waals surface area contributed by atoms with Crippen LogP contribution in [-0.4, -0.2) is 11.6 Å². The third kappa shape index (κ3) is 3.56. The Morgan fingerprint density at radius 3 is 2.04 bits per heavy atom. The largest absolute Gasteiger partial charge is 0.305 e. The van der Waals surface area contributed by atoms with Gasteiger partial charge in [0.2, 0.25) is 0 Å². The van der Waals surface area contributed by atoms with Crippen LogP contribution in [0.3, 0.4) is 0 Å². The third-order valence-corrected chi connectivity index (χ3v) is 5.01. The van der Waals surface area contributed by atoms with Gasteiger partial charge in [-0.25, -0.2) is 0 Å². The molecule has 0 amide bonds. The SMILES string of the molecule is CCC(C)(C)NC1CCC(c2ccccc2)=C1c1ccccc1. The minimum atomic E-state index is 0.164. The molecule has 0 heterocycles. The highest BCUT2D eigenvalue weighted by molar-refractivity contribution is 5.95. The zero-order valence-corrected chi connectivity index (χ0v) is 14.5. The molecule has 120 valence electrons. The van der Waals surface area contributed by atoms with Gasteiger partial charge in [-0.3, -0.25) is 0 Å². The molecule has 1 unspecified atom stereocenters. The van der Waals surface area contributed by atoms with Crippen molar-refractivity contribution < 1.29 is 0 Å². The third-order valence-electron chi connectivity index (χ3n) is 5.01. The van der Waals surface area contributed by atoms with Gasteiger partial charge in [-0.2, -0.15) is 0 Å². The summed E-state index contributed by atoms with van der Waals surface area (Å²) in [5, 5.41) is 3.90. The zero-order valence-electron chi connectivity index (χ0n) is 14.5. The molecule has 0 bridgehead atoms. The highest BCUT2D eigenvalue weighted by atomic mass is 15.0. The summed E-state index contributed by atoms with van der Waals surface area (Å²) in [7, 11) is 0. The number of nitrogens with one attached hydrogen (secondary N) is 1. The molecule has 1 atom stereocenters. The molecule has 0 spiro atoms. The van der Waals surface area contributed by atoms with Gasteiger partial charge in [-0.1, -0.05) is 67.6 Å². The lowest BCUT2D eigenvalue weighted by atomic mass is 9.93. The lowest BCUT2D eigenvalue weighted by Gasteiger charge is -2.31. The van der Waals surface area contributed by atoms with Gasteiger partial charge >= 0.3 is 0 Å². The summed E-state index contributed by atoms with van der Waals surface area (Å²) < 4.78 is 0. The van der Waals surface area contributed by atoms with Gasteiger partial charge in [0.1, 0.15) is 0 Å². The smallest absolute Gasteiger partial charge is 0.0337 e. The van der Waals surface area contributed by atoms with Crippen molar-refractivity contribution in [1.29, 1.82) is 0 Å². The fourth-order valence-electron chi connectivity index (χ4n) is 3.43. The molecule has 23 heavy (non-hydrogen) atoms. The first-order valence-corrected chi connectivity index (χ1v) is 8.72. The van der Waals surface area contributed by atoms with Crippen molar-refractivity contribution >= 4 is 11.1 Å². The van der Waals surface area contributed by atoms with E-state index in [0.29, 0.717) is 6.04 Å². The first-order chi connectivity index (χ1) is 11.1. The second-order valence-corrected chi connectivity index (χ2v) is 7.10. The summed E-state index contributed by atoms with van der Waals surface area (Å²) in [5.74, 6) is 0. The molecule has 1 nitrogen and oxygen atoms in total. The van der Waals surface area contributed by atoms with Crippen LogP contribution in [0.4, 0.5) is 0 Å². The van der Waals surface area contributed by atoms with Crippen molar-refractivity contribution in [1.82, 2.24) is 5.32 Å². The van der Waals surface area contributed by atoms with E-state index in [4.69, 9.17) is 0 Å². The molecule has 2 aromatic rings. The second-order valence-electron chi connectivity index (χ2n) is 7.10. The quantitative estimate of drug-likeness (QED) is 0.765. The number of hydrogen-bond donors (Lipinski definition) is 1. The molecule has 0 aliphatic heterocycles. The van der Waals surface area contributed by atoms with Crippen LogP contribution in [0.5, 0.6) is 0 Å². The van der Waals surface area contributed by atoms with E-state index in [0.717, 1.165) is 12.8 Å². The fourth-order valence-corrected chi connectivity index (χ4v) is 3.43. The summed E-state index contributed by atoms with van der Waals surface area (Å²) in [6.07, 6.45) is 3.45. The zero-order chi connectivity index (χ0) is 16.3. The maximum absolute atomic E-state index is 3.90. The van der Waals surface area contributed by atoms with E-state index in [9.17, 15) is 0 Å². The molecule has 0 saturated carbocycles. The summed E-state index contributed by atoms with van der Waals surface area (Å²) in [6.45, 7) is 6.86. The first kappa shape index (κ1) is 16.0. The molecule has 0 radical (unpaired) electrons. The molecule has 2 aromatic carbocycles. The van der Waals surface area contributed by atoms with Gasteiger partial charge in [-0.05, 0) is 55.4 Å². The van der Waals surface area contributed by atoms with Crippen molar-refractivity contribution in [3.05, 3.63) is 71.8 Å². The van der Waals surface area contributed by atoms with Gasteiger partial charge in [-0.15, -0.1) is 0 Å². The van der Waals surface area contributed by atoms with Crippen LogP contribution >= 0.6 is 0 Å². The molecule has 1 aliphatic carbocycles. The molecular weight excluding hydrogens is 278 g/mol. The Bertz CT molecular complexity index is 668. The normalized spacial score (nSPS) is 18.5. The van der Waals surface area contributed by atoms with Crippen LogP contribution in [0.15, 0.2) is 60.7 Å². The molecule has 1 aliphatic rings. The number of hydrogen-bond acceptors (Lipinski definition) is 1. The number of rotatable bonds is 5. The van der Waals surface area contributed by atoms with E-state index < -0.39 is 0 Å². The van der Waals surface area contributed by atoms with Gasteiger partial charge in [0.25, 0.3) is 0 Å². The number of benzene rings is 2. The molecule has 3 rings (SSSR count). The van der Waals surface area contributed by atoms with E-state index in [1.807, 2.05) is 0 Å². The highest BCUT2D eigenvalue weighted by Gasteiger charge is 2.30. The van der Waals surface area contributed by atoms with Gasteiger partial charge in [0.05, 0.1) is 0 Å². The maximum atomic E-state index is 3.90. The number of allylic oxidation sites excluding steroid dienone is 1. The maximum Gasteiger partial charge on any atom is 0.0337 e. The lowest BCUT2D eigenvalue weighted by Crippen LogP contribution is -2.45. The Balaban J connectivity index is 2.04. The van der Waals surface area contributed by atoms with Crippen LogP contribution in [0.2, 0.25) is 0 Å². The first-order valence-electron chi connectivity index (χ1n) is 8.72. The molecule has 0 saturated heterocycles. The Morgan fingerprint density at radius 2 is 1.48 bits per heavy atom. The van der Waals surface area contributed by atoms with Crippen LogP contribution in [0.1, 0.15) is 51.2 Å². The van der Waals surface area contributed by atoms with E-state index >= 15 is 0 Å². The molecule has 0 aromatic heterocycles. The van der Waals surface area contributed by atoms with Crippen molar-refractivity contribution in [2.45, 2.75) is 51.6 Å². The monoisotopic (exact) mass is 305 g/mol. The highest BCUT2D eigenvalue weighted by Crippen LogP contribution is 2.40. The summed E-state index contributed by atoms with van der Waals surface area (Å²) in [5.41, 5.74) is 5.87. The Hall–Kier alpha value is -1.86. The van der Waals surface area contributed by atoms with Gasteiger partial charge in [0.15, 0.2) is 0 Å². The summed E-state index contributed by atoms with van der Waals surface area (Å²) in [6, 6.07) is 22.2. The van der Waals surface area contributed by atoms with E-state index in [1.165, 1.54) is 28.7 Å².